The SMILES string of the molecule is O=c1[nH]cnc2c1ncn2[C@@H]1CCO[C@@H]1CCO. The number of aromatic amines is 1. The van der Waals surface area contributed by atoms with Crippen molar-refractivity contribution in [1.82, 2.24) is 19.5 Å². The molecule has 1 fully saturated rings. The van der Waals surface area contributed by atoms with Crippen molar-refractivity contribution in [3.05, 3.63) is 23.0 Å². The molecule has 0 aromatic carbocycles. The number of fused-ring (bicyclic) bond motifs is 1. The summed E-state index contributed by atoms with van der Waals surface area (Å²) in [5.74, 6) is 0. The van der Waals surface area contributed by atoms with Crippen LogP contribution in [0.2, 0.25) is 0 Å². The summed E-state index contributed by atoms with van der Waals surface area (Å²) in [6.07, 6.45) is 4.36. The van der Waals surface area contributed by atoms with Crippen LogP contribution in [0.4, 0.5) is 0 Å². The molecule has 1 saturated heterocycles. The smallest absolute Gasteiger partial charge is 0.278 e. The van der Waals surface area contributed by atoms with Gasteiger partial charge in [0.05, 0.1) is 24.8 Å². The maximum Gasteiger partial charge on any atom is 0.278 e. The molecule has 96 valence electrons. The third kappa shape index (κ3) is 1.72. The summed E-state index contributed by atoms with van der Waals surface area (Å²) >= 11 is 0. The Kier molecular flexibility index (Phi) is 2.85. The molecule has 0 spiro atoms. The zero-order chi connectivity index (χ0) is 12.5. The van der Waals surface area contributed by atoms with Gasteiger partial charge in [0, 0.05) is 13.2 Å². The van der Waals surface area contributed by atoms with Gasteiger partial charge >= 0.3 is 0 Å². The van der Waals surface area contributed by atoms with Crippen LogP contribution in [0.3, 0.4) is 0 Å². The van der Waals surface area contributed by atoms with E-state index >= 15 is 0 Å². The Bertz CT molecular complexity index is 606. The highest BCUT2D eigenvalue weighted by Gasteiger charge is 2.30. The van der Waals surface area contributed by atoms with Crippen LogP contribution in [0.1, 0.15) is 18.9 Å². The van der Waals surface area contributed by atoms with E-state index in [1.165, 1.54) is 6.33 Å². The van der Waals surface area contributed by atoms with E-state index < -0.39 is 0 Å². The third-order valence-corrected chi connectivity index (χ3v) is 3.31. The topological polar surface area (TPSA) is 93.0 Å². The van der Waals surface area contributed by atoms with Gasteiger partial charge in [0.25, 0.3) is 5.56 Å². The van der Waals surface area contributed by atoms with Crippen LogP contribution in [-0.4, -0.2) is 43.9 Å². The van der Waals surface area contributed by atoms with Gasteiger partial charge in [0.15, 0.2) is 11.2 Å². The largest absolute Gasteiger partial charge is 0.396 e. The molecule has 0 amide bonds. The van der Waals surface area contributed by atoms with Gasteiger partial charge in [0.2, 0.25) is 0 Å². The Hall–Kier alpha value is -1.73. The molecule has 3 rings (SSSR count). The molecule has 18 heavy (non-hydrogen) atoms. The molecule has 2 aromatic rings. The van der Waals surface area contributed by atoms with Crippen LogP contribution in [0.15, 0.2) is 17.4 Å². The lowest BCUT2D eigenvalue weighted by molar-refractivity contribution is 0.0699. The molecule has 0 radical (unpaired) electrons. The Balaban J connectivity index is 2.04. The fraction of sp³-hybridized carbons (Fsp3) is 0.545. The van der Waals surface area contributed by atoms with Crippen LogP contribution < -0.4 is 5.56 Å². The summed E-state index contributed by atoms with van der Waals surface area (Å²) in [6.45, 7) is 0.736. The molecular formula is C11H14N4O3. The van der Waals surface area contributed by atoms with Crippen molar-refractivity contribution in [2.45, 2.75) is 25.0 Å². The molecule has 7 heteroatoms. The number of H-pyrrole nitrogens is 1. The van der Waals surface area contributed by atoms with Crippen molar-refractivity contribution in [1.29, 1.82) is 0 Å². The van der Waals surface area contributed by atoms with Gasteiger partial charge in [-0.05, 0) is 12.8 Å². The summed E-state index contributed by atoms with van der Waals surface area (Å²) in [7, 11) is 0. The first-order valence-electron chi connectivity index (χ1n) is 5.94. The quantitative estimate of drug-likeness (QED) is 0.789. The molecule has 0 saturated carbocycles. The van der Waals surface area contributed by atoms with E-state index in [4.69, 9.17) is 9.84 Å². The first-order chi connectivity index (χ1) is 8.81. The maximum atomic E-state index is 11.6. The second-order valence-electron chi connectivity index (χ2n) is 4.33. The monoisotopic (exact) mass is 250 g/mol. The molecule has 2 aromatic heterocycles. The molecule has 0 bridgehead atoms. The van der Waals surface area contributed by atoms with E-state index in [9.17, 15) is 4.79 Å². The molecular weight excluding hydrogens is 236 g/mol. The number of hydrogen-bond acceptors (Lipinski definition) is 5. The number of rotatable bonds is 3. The highest BCUT2D eigenvalue weighted by molar-refractivity contribution is 5.68. The fourth-order valence-corrected chi connectivity index (χ4v) is 2.46. The van der Waals surface area contributed by atoms with E-state index in [-0.39, 0.29) is 24.3 Å². The highest BCUT2D eigenvalue weighted by atomic mass is 16.5. The van der Waals surface area contributed by atoms with Gasteiger partial charge in [-0.25, -0.2) is 9.97 Å². The summed E-state index contributed by atoms with van der Waals surface area (Å²) < 4.78 is 7.46. The number of imidazole rings is 1. The van der Waals surface area contributed by atoms with Crippen molar-refractivity contribution < 1.29 is 9.84 Å². The van der Waals surface area contributed by atoms with Crippen molar-refractivity contribution in [3.63, 3.8) is 0 Å². The second-order valence-corrected chi connectivity index (χ2v) is 4.33. The number of ether oxygens (including phenoxy) is 1. The standard InChI is InChI=1S/C11H14N4O3/c16-3-1-8-7(2-4-18-8)15-6-14-9-10(15)12-5-13-11(9)17/h5-8,16H,1-4H2,(H,12,13,17)/t7-,8-/m1/s1. The average molecular weight is 250 g/mol. The molecule has 7 nitrogen and oxygen atoms in total. The average Bonchev–Trinajstić information content (AvgIpc) is 2.96. The van der Waals surface area contributed by atoms with Crippen molar-refractivity contribution >= 4 is 11.2 Å². The summed E-state index contributed by atoms with van der Waals surface area (Å²) in [4.78, 5) is 22.3. The third-order valence-electron chi connectivity index (χ3n) is 3.31. The van der Waals surface area contributed by atoms with Crippen LogP contribution in [-0.2, 0) is 4.74 Å². The van der Waals surface area contributed by atoms with Gasteiger partial charge in [-0.1, -0.05) is 0 Å². The van der Waals surface area contributed by atoms with Crippen LogP contribution in [0.5, 0.6) is 0 Å². The summed E-state index contributed by atoms with van der Waals surface area (Å²) in [5.41, 5.74) is 0.667. The van der Waals surface area contributed by atoms with Crippen molar-refractivity contribution in [2.24, 2.45) is 0 Å². The Morgan fingerprint density at radius 2 is 2.44 bits per heavy atom. The maximum absolute atomic E-state index is 11.6. The minimum atomic E-state index is -0.239. The van der Waals surface area contributed by atoms with Gasteiger partial charge in [-0.2, -0.15) is 0 Å². The van der Waals surface area contributed by atoms with Gasteiger partial charge in [-0.3, -0.25) is 4.79 Å². The molecule has 2 atom stereocenters. The predicted octanol–water partition coefficient (Wildman–Crippen LogP) is -0.168. The number of aliphatic hydroxyl groups is 1. The lowest BCUT2D eigenvalue weighted by atomic mass is 10.1. The number of aromatic nitrogens is 4. The van der Waals surface area contributed by atoms with Gasteiger partial charge in [-0.15, -0.1) is 0 Å². The van der Waals surface area contributed by atoms with E-state index in [0.717, 1.165) is 6.42 Å². The molecule has 1 aliphatic rings. The minimum absolute atomic E-state index is 0.0477. The normalized spacial score (nSPS) is 23.8. The lowest BCUT2D eigenvalue weighted by Gasteiger charge is -2.19. The van der Waals surface area contributed by atoms with Gasteiger partial charge < -0.3 is 19.4 Å². The summed E-state index contributed by atoms with van der Waals surface area (Å²) in [5, 5.41) is 9.02. The van der Waals surface area contributed by atoms with Crippen LogP contribution in [0.25, 0.3) is 11.2 Å². The molecule has 3 heterocycles. The first kappa shape index (κ1) is 11.4. The number of nitrogens with one attached hydrogen (secondary N) is 1. The van der Waals surface area contributed by atoms with Crippen LogP contribution >= 0.6 is 0 Å². The second kappa shape index (κ2) is 4.51. The van der Waals surface area contributed by atoms with Crippen molar-refractivity contribution in [2.75, 3.05) is 13.2 Å². The first-order valence-corrected chi connectivity index (χ1v) is 5.94. The molecule has 2 N–H and O–H groups in total. The molecule has 0 unspecified atom stereocenters. The van der Waals surface area contributed by atoms with Gasteiger partial charge in [0.1, 0.15) is 0 Å². The lowest BCUT2D eigenvalue weighted by Crippen LogP contribution is -2.21. The Morgan fingerprint density at radius 1 is 1.56 bits per heavy atom. The number of nitrogens with zero attached hydrogens (tertiary/aromatic N) is 3. The minimum Gasteiger partial charge on any atom is -0.396 e. The van der Waals surface area contributed by atoms with E-state index in [0.29, 0.717) is 24.2 Å². The zero-order valence-electron chi connectivity index (χ0n) is 9.74. The van der Waals surface area contributed by atoms with E-state index in [1.54, 1.807) is 6.33 Å². The Morgan fingerprint density at radius 3 is 3.28 bits per heavy atom. The van der Waals surface area contributed by atoms with E-state index in [1.807, 2.05) is 4.57 Å². The van der Waals surface area contributed by atoms with Crippen molar-refractivity contribution in [3.8, 4) is 0 Å². The van der Waals surface area contributed by atoms with Crippen LogP contribution in [0, 0.1) is 0 Å². The predicted molar refractivity (Wildman–Crippen MR) is 63.2 cm³/mol. The summed E-state index contributed by atoms with van der Waals surface area (Å²) in [6, 6.07) is 0.0800. The highest BCUT2D eigenvalue weighted by Crippen LogP contribution is 2.29. The molecule has 0 aliphatic carbocycles. The molecule has 1 aliphatic heterocycles. The fourth-order valence-electron chi connectivity index (χ4n) is 2.46. The number of hydrogen-bond donors (Lipinski definition) is 2. The van der Waals surface area contributed by atoms with E-state index in [2.05, 4.69) is 15.0 Å². The number of aliphatic hydroxyl groups excluding tert-OH is 1. The zero-order valence-corrected chi connectivity index (χ0v) is 9.74. The Labute approximate surface area is 102 Å².